The zero-order chi connectivity index (χ0) is 15.1. The lowest BCUT2D eigenvalue weighted by atomic mass is 10.2. The third-order valence-electron chi connectivity index (χ3n) is 2.87. The monoisotopic (exact) mass is 298 g/mol. The summed E-state index contributed by atoms with van der Waals surface area (Å²) in [6.07, 6.45) is 1.09. The van der Waals surface area contributed by atoms with Crippen LogP contribution in [0, 0.1) is 0 Å². The number of nitrogens with one attached hydrogen (secondary N) is 2. The molecule has 1 unspecified atom stereocenters. The molecule has 0 aliphatic rings. The molecule has 0 bridgehead atoms. The first-order chi connectivity index (χ1) is 9.43. The first kappa shape index (κ1) is 16.3. The van der Waals surface area contributed by atoms with Gasteiger partial charge in [-0.25, -0.2) is 0 Å². The average molecular weight is 299 g/mol. The van der Waals surface area contributed by atoms with Crippen molar-refractivity contribution < 1.29 is 14.7 Å². The molecule has 1 aromatic rings. The quantitative estimate of drug-likeness (QED) is 0.752. The second kappa shape index (κ2) is 7.75. The summed E-state index contributed by atoms with van der Waals surface area (Å²) in [5, 5.41) is 14.8. The van der Waals surface area contributed by atoms with E-state index in [1.165, 1.54) is 18.2 Å². The lowest BCUT2D eigenvalue weighted by Crippen LogP contribution is -2.35. The van der Waals surface area contributed by atoms with E-state index >= 15 is 0 Å². The molecule has 0 aliphatic heterocycles. The Balaban J connectivity index is 2.40. The average Bonchev–Trinajstić information content (AvgIpc) is 2.41. The van der Waals surface area contributed by atoms with Gasteiger partial charge in [0.1, 0.15) is 5.75 Å². The molecule has 0 spiro atoms. The normalized spacial score (nSPS) is 11.8. The predicted octanol–water partition coefficient (Wildman–Crippen LogP) is 2.08. The molecule has 20 heavy (non-hydrogen) atoms. The molecule has 1 rings (SSSR count). The van der Waals surface area contributed by atoms with Crippen LogP contribution in [-0.4, -0.2) is 29.5 Å². The Kier molecular flexibility index (Phi) is 6.31. The van der Waals surface area contributed by atoms with E-state index in [0.717, 1.165) is 6.42 Å². The number of benzene rings is 1. The van der Waals surface area contributed by atoms with Crippen LogP contribution in [0.25, 0.3) is 0 Å². The highest BCUT2D eigenvalue weighted by atomic mass is 35.5. The Morgan fingerprint density at radius 1 is 1.40 bits per heavy atom. The minimum absolute atomic E-state index is 0.0730. The van der Waals surface area contributed by atoms with Crippen LogP contribution in [0.3, 0.4) is 0 Å². The number of aromatic hydroxyl groups is 1. The number of rotatable bonds is 6. The van der Waals surface area contributed by atoms with Gasteiger partial charge in [0.2, 0.25) is 5.91 Å². The Hall–Kier alpha value is -1.75. The molecule has 3 N–H and O–H groups in total. The summed E-state index contributed by atoms with van der Waals surface area (Å²) in [5.41, 5.74) is 0.343. The third kappa shape index (κ3) is 5.09. The number of carbonyl (C=O) groups is 2. The van der Waals surface area contributed by atoms with Gasteiger partial charge in [0.25, 0.3) is 5.91 Å². The molecular weight excluding hydrogens is 280 g/mol. The molecule has 1 aromatic carbocycles. The summed E-state index contributed by atoms with van der Waals surface area (Å²) in [7, 11) is 0. The maximum absolute atomic E-state index is 11.8. The van der Waals surface area contributed by atoms with Gasteiger partial charge in [0.15, 0.2) is 0 Å². The maximum Gasteiger partial charge on any atom is 0.251 e. The van der Waals surface area contributed by atoms with E-state index < -0.39 is 0 Å². The SMILES string of the molecule is CCC(C)NC(=O)CCNC(=O)c1ccc(O)c(Cl)c1. The predicted molar refractivity (Wildman–Crippen MR) is 78.0 cm³/mol. The van der Waals surface area contributed by atoms with Gasteiger partial charge in [-0.15, -0.1) is 0 Å². The molecule has 0 fully saturated rings. The molecule has 0 aliphatic carbocycles. The highest BCUT2D eigenvalue weighted by molar-refractivity contribution is 6.32. The lowest BCUT2D eigenvalue weighted by molar-refractivity contribution is -0.121. The van der Waals surface area contributed by atoms with Gasteiger partial charge < -0.3 is 15.7 Å². The summed E-state index contributed by atoms with van der Waals surface area (Å²) in [4.78, 5) is 23.3. The van der Waals surface area contributed by atoms with Crippen molar-refractivity contribution >= 4 is 23.4 Å². The number of hydrogen-bond acceptors (Lipinski definition) is 3. The summed E-state index contributed by atoms with van der Waals surface area (Å²) in [6, 6.07) is 4.34. The molecule has 1 atom stereocenters. The molecule has 110 valence electrons. The summed E-state index contributed by atoms with van der Waals surface area (Å²) in [5.74, 6) is -0.497. The van der Waals surface area contributed by atoms with Crippen LogP contribution in [0.4, 0.5) is 0 Å². The zero-order valence-electron chi connectivity index (χ0n) is 11.6. The molecular formula is C14H19ClN2O3. The van der Waals surface area contributed by atoms with Crippen molar-refractivity contribution in [2.45, 2.75) is 32.7 Å². The van der Waals surface area contributed by atoms with Crippen molar-refractivity contribution in [1.29, 1.82) is 0 Å². The Labute approximate surface area is 123 Å². The molecule has 6 heteroatoms. The zero-order valence-corrected chi connectivity index (χ0v) is 12.3. The minimum Gasteiger partial charge on any atom is -0.506 e. The van der Waals surface area contributed by atoms with Crippen molar-refractivity contribution in [2.24, 2.45) is 0 Å². The van der Waals surface area contributed by atoms with Gasteiger partial charge >= 0.3 is 0 Å². The Morgan fingerprint density at radius 3 is 2.70 bits per heavy atom. The number of phenolic OH excluding ortho intramolecular Hbond substituents is 1. The van der Waals surface area contributed by atoms with Gasteiger partial charge in [-0.1, -0.05) is 18.5 Å². The van der Waals surface area contributed by atoms with Crippen molar-refractivity contribution in [3.63, 3.8) is 0 Å². The molecule has 2 amide bonds. The third-order valence-corrected chi connectivity index (χ3v) is 3.17. The van der Waals surface area contributed by atoms with E-state index in [-0.39, 0.29) is 41.6 Å². The molecule has 0 aromatic heterocycles. The number of halogens is 1. The molecule has 0 radical (unpaired) electrons. The highest BCUT2D eigenvalue weighted by Crippen LogP contribution is 2.23. The van der Waals surface area contributed by atoms with Gasteiger partial charge in [0, 0.05) is 24.6 Å². The Bertz CT molecular complexity index is 491. The fourth-order valence-corrected chi connectivity index (χ4v) is 1.67. The van der Waals surface area contributed by atoms with Crippen LogP contribution >= 0.6 is 11.6 Å². The maximum atomic E-state index is 11.8. The second-order valence-corrected chi connectivity index (χ2v) is 4.96. The van der Waals surface area contributed by atoms with E-state index in [9.17, 15) is 14.7 Å². The number of hydrogen-bond donors (Lipinski definition) is 3. The standard InChI is InChI=1S/C14H19ClN2O3/c1-3-9(2)17-13(19)6-7-16-14(20)10-4-5-12(18)11(15)8-10/h4-5,8-9,18H,3,6-7H2,1-2H3,(H,16,20)(H,17,19). The largest absolute Gasteiger partial charge is 0.506 e. The first-order valence-corrected chi connectivity index (χ1v) is 6.88. The highest BCUT2D eigenvalue weighted by Gasteiger charge is 2.09. The van der Waals surface area contributed by atoms with E-state index in [0.29, 0.717) is 5.56 Å². The van der Waals surface area contributed by atoms with E-state index in [1.54, 1.807) is 0 Å². The number of carbonyl (C=O) groups excluding carboxylic acids is 2. The van der Waals surface area contributed by atoms with E-state index in [1.807, 2.05) is 13.8 Å². The number of amides is 2. The van der Waals surface area contributed by atoms with E-state index in [2.05, 4.69) is 10.6 Å². The topological polar surface area (TPSA) is 78.4 Å². The van der Waals surface area contributed by atoms with Crippen molar-refractivity contribution in [1.82, 2.24) is 10.6 Å². The lowest BCUT2D eigenvalue weighted by Gasteiger charge is -2.11. The van der Waals surface area contributed by atoms with Crippen LogP contribution in [0.1, 0.15) is 37.0 Å². The van der Waals surface area contributed by atoms with Crippen LogP contribution in [0.5, 0.6) is 5.75 Å². The van der Waals surface area contributed by atoms with Crippen LogP contribution in [0.2, 0.25) is 5.02 Å². The molecule has 0 heterocycles. The molecule has 0 saturated carbocycles. The second-order valence-electron chi connectivity index (χ2n) is 4.55. The van der Waals surface area contributed by atoms with Gasteiger partial charge in [-0.2, -0.15) is 0 Å². The summed E-state index contributed by atoms with van der Waals surface area (Å²) in [6.45, 7) is 4.16. The summed E-state index contributed by atoms with van der Waals surface area (Å²) >= 11 is 5.72. The van der Waals surface area contributed by atoms with Crippen LogP contribution in [0.15, 0.2) is 18.2 Å². The van der Waals surface area contributed by atoms with Crippen molar-refractivity contribution in [3.8, 4) is 5.75 Å². The minimum atomic E-state index is -0.330. The fourth-order valence-electron chi connectivity index (χ4n) is 1.49. The first-order valence-electron chi connectivity index (χ1n) is 6.50. The summed E-state index contributed by atoms with van der Waals surface area (Å²) < 4.78 is 0. The Morgan fingerprint density at radius 2 is 2.10 bits per heavy atom. The smallest absolute Gasteiger partial charge is 0.251 e. The van der Waals surface area contributed by atoms with E-state index in [4.69, 9.17) is 11.6 Å². The van der Waals surface area contributed by atoms with Gasteiger partial charge in [-0.05, 0) is 31.5 Å². The number of phenols is 1. The van der Waals surface area contributed by atoms with Crippen molar-refractivity contribution in [3.05, 3.63) is 28.8 Å². The van der Waals surface area contributed by atoms with Crippen LogP contribution < -0.4 is 10.6 Å². The molecule has 0 saturated heterocycles. The fraction of sp³-hybridized carbons (Fsp3) is 0.429. The van der Waals surface area contributed by atoms with Gasteiger partial charge in [0.05, 0.1) is 5.02 Å². The molecule has 5 nitrogen and oxygen atoms in total. The van der Waals surface area contributed by atoms with Gasteiger partial charge in [-0.3, -0.25) is 9.59 Å². The van der Waals surface area contributed by atoms with Crippen LogP contribution in [-0.2, 0) is 4.79 Å². The van der Waals surface area contributed by atoms with Crippen molar-refractivity contribution in [2.75, 3.05) is 6.54 Å².